The van der Waals surface area contributed by atoms with E-state index in [0.29, 0.717) is 0 Å². The first-order valence-electron chi connectivity index (χ1n) is 11.8. The molecule has 2 atom stereocenters. The van der Waals surface area contributed by atoms with Crippen LogP contribution in [0.4, 0.5) is 0 Å². The fraction of sp³-hybridized carbons (Fsp3) is 0.692. The van der Waals surface area contributed by atoms with Gasteiger partial charge in [-0.05, 0) is 0 Å². The first-order valence-corrected chi connectivity index (χ1v) is 13.4. The summed E-state index contributed by atoms with van der Waals surface area (Å²) in [5.41, 5.74) is 3.51. The van der Waals surface area contributed by atoms with E-state index in [0.717, 1.165) is 11.8 Å². The minimum atomic E-state index is -0.108. The summed E-state index contributed by atoms with van der Waals surface area (Å²) in [5.74, 6) is 1.64. The van der Waals surface area contributed by atoms with Crippen molar-refractivity contribution in [3.8, 4) is 0 Å². The summed E-state index contributed by atoms with van der Waals surface area (Å²) >= 11 is -0.108. The van der Waals surface area contributed by atoms with Gasteiger partial charge in [-0.15, -0.1) is 0 Å². The van der Waals surface area contributed by atoms with E-state index in [1.54, 1.807) is 11.1 Å². The zero-order valence-corrected chi connectivity index (χ0v) is 20.0. The minimum absolute atomic E-state index is 0.108. The second-order valence-corrected chi connectivity index (χ2v) is 10.7. The molecule has 150 valence electrons. The second kappa shape index (κ2) is 13.0. The molecule has 0 N–H and O–H groups in total. The normalized spacial score (nSPS) is 18.7. The van der Waals surface area contributed by atoms with Gasteiger partial charge in [-0.3, -0.25) is 0 Å². The average molecular weight is 402 g/mol. The molecule has 0 fully saturated rings. The predicted molar refractivity (Wildman–Crippen MR) is 117 cm³/mol. The first-order chi connectivity index (χ1) is 13.2. The van der Waals surface area contributed by atoms with E-state index in [1.165, 1.54) is 77.0 Å². The summed E-state index contributed by atoms with van der Waals surface area (Å²) in [7, 11) is 0. The van der Waals surface area contributed by atoms with Gasteiger partial charge in [-0.2, -0.15) is 0 Å². The number of allylic oxidation sites excluding steroid dienone is 8. The number of hydrogen-bond acceptors (Lipinski definition) is 0. The molecular formula is C26H42Ti. The molecule has 0 aromatic rings. The zero-order chi connectivity index (χ0) is 19.5. The van der Waals surface area contributed by atoms with Crippen molar-refractivity contribution in [3.05, 3.63) is 43.2 Å². The molecule has 2 unspecified atom stereocenters. The molecule has 0 aromatic carbocycles. The van der Waals surface area contributed by atoms with Gasteiger partial charge < -0.3 is 0 Å². The molecule has 0 bridgehead atoms. The third-order valence-electron chi connectivity index (χ3n) is 6.41. The summed E-state index contributed by atoms with van der Waals surface area (Å²) in [6.45, 7) is 9.43. The molecule has 0 saturated heterocycles. The third kappa shape index (κ3) is 6.90. The Morgan fingerprint density at radius 3 is 1.52 bits per heavy atom. The predicted octanol–water partition coefficient (Wildman–Crippen LogP) is 8.71. The van der Waals surface area contributed by atoms with Gasteiger partial charge in [0.05, 0.1) is 0 Å². The number of hydrogen-bond donors (Lipinski definition) is 0. The van der Waals surface area contributed by atoms with E-state index in [9.17, 15) is 0 Å². The van der Waals surface area contributed by atoms with Gasteiger partial charge in [0.25, 0.3) is 0 Å². The van der Waals surface area contributed by atoms with Gasteiger partial charge in [-0.1, -0.05) is 0 Å². The van der Waals surface area contributed by atoms with Crippen molar-refractivity contribution in [2.24, 2.45) is 11.8 Å². The standard InChI is InChI=1S/2C13H21.Ti/c2*1-3-5-6-9-12(4-2)13-10-7-8-11-13;/h2*7,10,12H,3-6,8-9H2,1-2H3;. The van der Waals surface area contributed by atoms with Crippen molar-refractivity contribution in [1.82, 2.24) is 0 Å². The van der Waals surface area contributed by atoms with Gasteiger partial charge in [0, 0.05) is 0 Å². The topological polar surface area (TPSA) is 0 Å². The van der Waals surface area contributed by atoms with Crippen molar-refractivity contribution in [2.45, 2.75) is 105 Å². The van der Waals surface area contributed by atoms with E-state index in [4.69, 9.17) is 0 Å². The Balaban J connectivity index is 2.09. The molecular weight excluding hydrogens is 360 g/mol. The molecule has 2 aliphatic rings. The van der Waals surface area contributed by atoms with Crippen LogP contribution in [0.5, 0.6) is 0 Å². The van der Waals surface area contributed by atoms with Gasteiger partial charge in [-0.25, -0.2) is 0 Å². The van der Waals surface area contributed by atoms with Crippen LogP contribution in [0.15, 0.2) is 43.2 Å². The molecule has 0 aromatic heterocycles. The number of unbranched alkanes of at least 4 members (excludes halogenated alkanes) is 4. The van der Waals surface area contributed by atoms with Crippen LogP contribution < -0.4 is 0 Å². The molecule has 2 aliphatic carbocycles. The molecule has 0 radical (unpaired) electrons. The summed E-state index contributed by atoms with van der Waals surface area (Å²) in [6, 6.07) is 0. The Bertz CT molecular complexity index is 511. The maximum atomic E-state index is 2.50. The van der Waals surface area contributed by atoms with E-state index in [1.807, 2.05) is 7.76 Å². The molecule has 0 aliphatic heterocycles. The summed E-state index contributed by atoms with van der Waals surface area (Å²) in [5, 5.41) is 0. The Morgan fingerprint density at radius 2 is 1.15 bits per heavy atom. The molecule has 0 spiro atoms. The summed E-state index contributed by atoms with van der Waals surface area (Å²) in [4.78, 5) is 0. The Hall–Kier alpha value is -0.326. The van der Waals surface area contributed by atoms with Crippen molar-refractivity contribution >= 4 is 0 Å². The molecule has 27 heavy (non-hydrogen) atoms. The van der Waals surface area contributed by atoms with Crippen LogP contribution in [0.3, 0.4) is 0 Å². The van der Waals surface area contributed by atoms with Gasteiger partial charge in [0.1, 0.15) is 0 Å². The van der Waals surface area contributed by atoms with Crippen LogP contribution in [-0.2, 0) is 19.2 Å². The Labute approximate surface area is 178 Å². The van der Waals surface area contributed by atoms with Crippen molar-refractivity contribution < 1.29 is 19.2 Å². The van der Waals surface area contributed by atoms with Crippen molar-refractivity contribution in [2.75, 3.05) is 0 Å². The quantitative estimate of drug-likeness (QED) is 0.201. The third-order valence-corrected chi connectivity index (χ3v) is 8.90. The van der Waals surface area contributed by atoms with Crippen LogP contribution in [0.1, 0.15) is 105 Å². The van der Waals surface area contributed by atoms with Crippen LogP contribution >= 0.6 is 0 Å². The van der Waals surface area contributed by atoms with E-state index in [2.05, 4.69) is 52.0 Å². The van der Waals surface area contributed by atoms with Gasteiger partial charge in [0.2, 0.25) is 0 Å². The summed E-state index contributed by atoms with van der Waals surface area (Å²) < 4.78 is 3.72. The molecule has 2 rings (SSSR count). The van der Waals surface area contributed by atoms with E-state index in [-0.39, 0.29) is 19.2 Å². The Morgan fingerprint density at radius 1 is 0.704 bits per heavy atom. The summed E-state index contributed by atoms with van der Waals surface area (Å²) in [6.07, 6.45) is 26.1. The van der Waals surface area contributed by atoms with E-state index < -0.39 is 0 Å². The molecule has 0 nitrogen and oxygen atoms in total. The maximum absolute atomic E-state index is 2.50. The molecule has 1 heteroatoms. The monoisotopic (exact) mass is 402 g/mol. The molecule has 0 heterocycles. The van der Waals surface area contributed by atoms with Gasteiger partial charge in [0.15, 0.2) is 0 Å². The van der Waals surface area contributed by atoms with E-state index >= 15 is 0 Å². The first kappa shape index (κ1) is 23.0. The molecule has 0 amide bonds. The van der Waals surface area contributed by atoms with Crippen LogP contribution in [0, 0.1) is 11.8 Å². The zero-order valence-electron chi connectivity index (χ0n) is 18.4. The Kier molecular flexibility index (Phi) is 11.1. The van der Waals surface area contributed by atoms with Crippen molar-refractivity contribution in [3.63, 3.8) is 0 Å². The fourth-order valence-corrected chi connectivity index (χ4v) is 7.28. The van der Waals surface area contributed by atoms with Gasteiger partial charge >= 0.3 is 179 Å². The van der Waals surface area contributed by atoms with Crippen LogP contribution in [0.2, 0.25) is 0 Å². The fourth-order valence-electron chi connectivity index (χ4n) is 4.68. The second-order valence-electron chi connectivity index (χ2n) is 8.41. The molecule has 0 saturated carbocycles. The number of rotatable bonds is 14. The van der Waals surface area contributed by atoms with Crippen LogP contribution in [0.25, 0.3) is 0 Å². The average Bonchev–Trinajstić information content (AvgIpc) is 3.33. The van der Waals surface area contributed by atoms with Crippen molar-refractivity contribution in [1.29, 1.82) is 0 Å². The SMILES string of the molecule is CCCCCC(CC)C1=[C]([Ti][C]2=C(C(CC)CCCCC)C=CC2)CC=C1. The van der Waals surface area contributed by atoms with Crippen LogP contribution in [-0.4, -0.2) is 0 Å².